The average Bonchev–Trinajstić information content (AvgIpc) is 3.32. The van der Waals surface area contributed by atoms with Crippen LogP contribution in [0, 0.1) is 0 Å². The molecule has 0 atom stereocenters. The molecule has 0 bridgehead atoms. The highest BCUT2D eigenvalue weighted by Gasteiger charge is 2.14. The summed E-state index contributed by atoms with van der Waals surface area (Å²) >= 11 is 1.33. The van der Waals surface area contributed by atoms with Gasteiger partial charge in [0.05, 0.1) is 5.56 Å². The fraction of sp³-hybridized carbons (Fsp3) is 0.0500. The van der Waals surface area contributed by atoms with E-state index in [9.17, 15) is 9.90 Å². The van der Waals surface area contributed by atoms with Crippen molar-refractivity contribution < 1.29 is 13.9 Å². The van der Waals surface area contributed by atoms with Gasteiger partial charge in [-0.1, -0.05) is 30.0 Å². The second-order valence-electron chi connectivity index (χ2n) is 6.18. The van der Waals surface area contributed by atoms with Crippen molar-refractivity contribution in [2.24, 2.45) is 0 Å². The maximum absolute atomic E-state index is 11.8. The molecule has 5 aromatic rings. The maximum Gasteiger partial charge on any atom is 0.336 e. The third-order valence-corrected chi connectivity index (χ3v) is 5.26. The number of nitrogens with one attached hydrogen (secondary N) is 1. The first-order valence-corrected chi connectivity index (χ1v) is 9.44. The number of aromatic nitrogens is 3. The van der Waals surface area contributed by atoms with E-state index in [-0.39, 0.29) is 5.75 Å². The molecule has 8 heteroatoms. The Labute approximate surface area is 162 Å². The fourth-order valence-electron chi connectivity index (χ4n) is 3.10. The lowest BCUT2D eigenvalue weighted by molar-refractivity contribution is 0.466. The number of rotatable bonds is 4. The van der Waals surface area contributed by atoms with E-state index in [1.54, 1.807) is 12.1 Å². The predicted molar refractivity (Wildman–Crippen MR) is 105 cm³/mol. The van der Waals surface area contributed by atoms with Crippen LogP contribution >= 0.6 is 11.8 Å². The van der Waals surface area contributed by atoms with Crippen LogP contribution in [0.2, 0.25) is 0 Å². The van der Waals surface area contributed by atoms with Crippen LogP contribution in [-0.4, -0.2) is 20.3 Å². The summed E-state index contributed by atoms with van der Waals surface area (Å²) in [4.78, 5) is 15.0. The van der Waals surface area contributed by atoms with Gasteiger partial charge < -0.3 is 18.9 Å². The molecule has 0 aliphatic carbocycles. The summed E-state index contributed by atoms with van der Waals surface area (Å²) in [7, 11) is 0. The molecule has 28 heavy (non-hydrogen) atoms. The van der Waals surface area contributed by atoms with E-state index in [1.165, 1.54) is 23.9 Å². The third-order valence-electron chi connectivity index (χ3n) is 4.39. The molecule has 0 saturated carbocycles. The number of hydrogen-bond acceptors (Lipinski definition) is 7. The van der Waals surface area contributed by atoms with Gasteiger partial charge in [0.2, 0.25) is 0 Å². The minimum atomic E-state index is -0.473. The number of fused-ring (bicyclic) bond motifs is 2. The molecule has 7 nitrogen and oxygen atoms in total. The quantitative estimate of drug-likeness (QED) is 0.347. The van der Waals surface area contributed by atoms with Crippen LogP contribution in [0.25, 0.3) is 33.3 Å². The number of thioether (sulfide) groups is 1. The first kappa shape index (κ1) is 16.6. The van der Waals surface area contributed by atoms with Crippen LogP contribution in [0.3, 0.4) is 0 Å². The molecule has 2 N–H and O–H groups in total. The highest BCUT2D eigenvalue weighted by atomic mass is 32.2. The number of nitrogens with zero attached hydrogens (tertiary/aromatic N) is 2. The van der Waals surface area contributed by atoms with Crippen molar-refractivity contribution in [1.29, 1.82) is 0 Å². The second kappa shape index (κ2) is 6.58. The van der Waals surface area contributed by atoms with Crippen LogP contribution in [0.5, 0.6) is 5.75 Å². The molecule has 5 rings (SSSR count). The lowest BCUT2D eigenvalue weighted by atomic mass is 10.1. The van der Waals surface area contributed by atoms with E-state index in [1.807, 2.05) is 30.5 Å². The number of phenols is 1. The van der Waals surface area contributed by atoms with E-state index in [0.29, 0.717) is 22.4 Å². The van der Waals surface area contributed by atoms with Gasteiger partial charge in [-0.05, 0) is 23.8 Å². The zero-order valence-electron chi connectivity index (χ0n) is 14.4. The Hall–Kier alpha value is -3.52. The zero-order chi connectivity index (χ0) is 19.1. The van der Waals surface area contributed by atoms with Crippen LogP contribution < -0.4 is 5.63 Å². The molecular formula is C20H13N3O4S. The standard InChI is InChI=1S/C20H13N3O4S/c24-12-5-6-13-11(7-18(25)26-17(13)8-12)10-28-20-23-22-19(27-20)15-9-21-16-4-2-1-3-14(15)16/h1-9,21,24H,10H2. The Morgan fingerprint density at radius 2 is 1.93 bits per heavy atom. The number of hydrogen-bond donors (Lipinski definition) is 2. The molecule has 0 spiro atoms. The van der Waals surface area contributed by atoms with Gasteiger partial charge in [0.25, 0.3) is 11.1 Å². The largest absolute Gasteiger partial charge is 0.508 e. The summed E-state index contributed by atoms with van der Waals surface area (Å²) in [6, 6.07) is 14.0. The van der Waals surface area contributed by atoms with Crippen LogP contribution in [0.1, 0.15) is 5.56 Å². The van der Waals surface area contributed by atoms with Crippen molar-refractivity contribution in [2.45, 2.75) is 11.0 Å². The molecule has 3 heterocycles. The molecule has 0 aliphatic heterocycles. The number of benzene rings is 2. The second-order valence-corrected chi connectivity index (χ2v) is 7.11. The number of phenolic OH excluding ortho intramolecular Hbond substituents is 1. The van der Waals surface area contributed by atoms with Crippen molar-refractivity contribution in [2.75, 3.05) is 0 Å². The fourth-order valence-corrected chi connectivity index (χ4v) is 3.86. The normalized spacial score (nSPS) is 11.4. The van der Waals surface area contributed by atoms with Crippen molar-refractivity contribution in [1.82, 2.24) is 15.2 Å². The Morgan fingerprint density at radius 1 is 1.04 bits per heavy atom. The molecule has 0 saturated heterocycles. The van der Waals surface area contributed by atoms with Crippen LogP contribution in [0.4, 0.5) is 0 Å². The average molecular weight is 391 g/mol. The topological polar surface area (TPSA) is 105 Å². The van der Waals surface area contributed by atoms with Gasteiger partial charge in [0.1, 0.15) is 11.3 Å². The monoisotopic (exact) mass is 391 g/mol. The summed E-state index contributed by atoms with van der Waals surface area (Å²) in [6.45, 7) is 0. The van der Waals surface area contributed by atoms with Crippen molar-refractivity contribution in [3.05, 3.63) is 70.7 Å². The number of para-hydroxylation sites is 1. The van der Waals surface area contributed by atoms with Gasteiger partial charge >= 0.3 is 5.63 Å². The summed E-state index contributed by atoms with van der Waals surface area (Å²) in [6.07, 6.45) is 1.84. The molecule has 3 aromatic heterocycles. The van der Waals surface area contributed by atoms with Gasteiger partial charge in [-0.2, -0.15) is 0 Å². The summed E-state index contributed by atoms with van der Waals surface area (Å²) in [5.74, 6) is 0.922. The predicted octanol–water partition coefficient (Wildman–Crippen LogP) is 4.32. The Kier molecular flexibility index (Phi) is 3.91. The molecule has 0 unspecified atom stereocenters. The van der Waals surface area contributed by atoms with Gasteiger partial charge in [-0.15, -0.1) is 10.2 Å². The number of aromatic hydroxyl groups is 1. The minimum absolute atomic E-state index is 0.0423. The summed E-state index contributed by atoms with van der Waals surface area (Å²) in [5, 5.41) is 20.0. The van der Waals surface area contributed by atoms with Crippen LogP contribution in [-0.2, 0) is 5.75 Å². The van der Waals surface area contributed by atoms with Gasteiger partial charge in [-0.3, -0.25) is 0 Å². The minimum Gasteiger partial charge on any atom is -0.508 e. The zero-order valence-corrected chi connectivity index (χ0v) is 15.2. The SMILES string of the molecule is O=c1cc(CSc2nnc(-c3c[nH]c4ccccc34)o2)c2ccc(O)cc2o1. The highest BCUT2D eigenvalue weighted by Crippen LogP contribution is 2.31. The molecule has 138 valence electrons. The van der Waals surface area contributed by atoms with Crippen LogP contribution in [0.15, 0.2) is 73.6 Å². The molecule has 0 amide bonds. The van der Waals surface area contributed by atoms with Gasteiger partial charge in [-0.25, -0.2) is 4.79 Å². The first-order valence-electron chi connectivity index (χ1n) is 8.46. The summed E-state index contributed by atoms with van der Waals surface area (Å²) < 4.78 is 10.9. The van der Waals surface area contributed by atoms with E-state index in [4.69, 9.17) is 8.83 Å². The summed E-state index contributed by atoms with van der Waals surface area (Å²) in [5.41, 5.74) is 2.47. The van der Waals surface area contributed by atoms with Crippen molar-refractivity contribution in [3.63, 3.8) is 0 Å². The third kappa shape index (κ3) is 2.93. The first-order chi connectivity index (χ1) is 13.7. The van der Waals surface area contributed by atoms with E-state index in [2.05, 4.69) is 15.2 Å². The van der Waals surface area contributed by atoms with E-state index in [0.717, 1.165) is 27.4 Å². The molecule has 0 fully saturated rings. The Balaban J connectivity index is 1.43. The molecule has 0 aliphatic rings. The lowest BCUT2D eigenvalue weighted by Gasteiger charge is -2.04. The van der Waals surface area contributed by atoms with Gasteiger partial charge in [0.15, 0.2) is 0 Å². The number of H-pyrrole nitrogens is 1. The number of aromatic amines is 1. The van der Waals surface area contributed by atoms with Crippen molar-refractivity contribution >= 4 is 33.6 Å². The molecule has 2 aromatic carbocycles. The van der Waals surface area contributed by atoms with Gasteiger partial charge in [0, 0.05) is 40.4 Å². The highest BCUT2D eigenvalue weighted by molar-refractivity contribution is 7.98. The molecule has 0 radical (unpaired) electrons. The Bertz CT molecular complexity index is 1370. The smallest absolute Gasteiger partial charge is 0.336 e. The maximum atomic E-state index is 11.8. The lowest BCUT2D eigenvalue weighted by Crippen LogP contribution is -1.99. The molecular weight excluding hydrogens is 378 g/mol. The van der Waals surface area contributed by atoms with Crippen molar-refractivity contribution in [3.8, 4) is 17.2 Å². The van der Waals surface area contributed by atoms with E-state index >= 15 is 0 Å². The Morgan fingerprint density at radius 3 is 2.86 bits per heavy atom. The van der Waals surface area contributed by atoms with E-state index < -0.39 is 5.63 Å².